The van der Waals surface area contributed by atoms with Gasteiger partial charge in [-0.25, -0.2) is 0 Å². The van der Waals surface area contributed by atoms with Crippen LogP contribution in [0.4, 0.5) is 5.69 Å². The van der Waals surface area contributed by atoms with E-state index >= 15 is 0 Å². The second-order valence-corrected chi connectivity index (χ2v) is 4.72. The third-order valence-corrected chi connectivity index (χ3v) is 3.26. The molecular weight excluding hydrogens is 268 g/mol. The van der Waals surface area contributed by atoms with Gasteiger partial charge < -0.3 is 20.1 Å². The van der Waals surface area contributed by atoms with E-state index in [-0.39, 0.29) is 5.91 Å². The summed E-state index contributed by atoms with van der Waals surface area (Å²) < 4.78 is 10.7. The molecule has 5 heteroatoms. The molecule has 0 bridgehead atoms. The van der Waals surface area contributed by atoms with Crippen molar-refractivity contribution in [1.29, 1.82) is 0 Å². The lowest BCUT2D eigenvalue weighted by atomic mass is 10.1. The number of rotatable bonds is 9. The van der Waals surface area contributed by atoms with Gasteiger partial charge >= 0.3 is 0 Å². The molecular formula is C16H26N2O3. The quantitative estimate of drug-likeness (QED) is 0.559. The van der Waals surface area contributed by atoms with Crippen molar-refractivity contribution in [1.82, 2.24) is 4.90 Å². The number of ether oxygens (including phenoxy) is 2. The van der Waals surface area contributed by atoms with Crippen LogP contribution in [0.25, 0.3) is 0 Å². The maximum absolute atomic E-state index is 12.6. The number of carbonyl (C=O) groups is 1. The molecule has 21 heavy (non-hydrogen) atoms. The highest BCUT2D eigenvalue weighted by molar-refractivity contribution is 5.99. The average Bonchev–Trinajstić information content (AvgIpc) is 2.48. The number of nitrogens with two attached hydrogens (primary N) is 1. The number of amides is 1. The van der Waals surface area contributed by atoms with Gasteiger partial charge in [-0.3, -0.25) is 4.79 Å². The van der Waals surface area contributed by atoms with Crippen LogP contribution in [0.15, 0.2) is 18.2 Å². The molecule has 0 radical (unpaired) electrons. The number of aryl methyl sites for hydroxylation is 1. The Hall–Kier alpha value is -1.59. The van der Waals surface area contributed by atoms with E-state index in [1.165, 1.54) is 0 Å². The van der Waals surface area contributed by atoms with E-state index in [2.05, 4.69) is 0 Å². The van der Waals surface area contributed by atoms with Crippen LogP contribution < -0.4 is 5.73 Å². The molecule has 1 aromatic carbocycles. The van der Waals surface area contributed by atoms with Gasteiger partial charge in [0.1, 0.15) is 0 Å². The zero-order valence-corrected chi connectivity index (χ0v) is 13.2. The standard InChI is InChI=1S/C16H26N2O3/c1-4-20-11-9-18(10-12-21-5-2)16(19)14-8-6-7-13(3)15(14)17/h6-8H,4-5,9-12,17H2,1-3H3. The maximum Gasteiger partial charge on any atom is 0.256 e. The minimum absolute atomic E-state index is 0.0735. The summed E-state index contributed by atoms with van der Waals surface area (Å²) in [6, 6.07) is 5.51. The van der Waals surface area contributed by atoms with E-state index in [0.717, 1.165) is 5.56 Å². The molecule has 0 heterocycles. The molecule has 0 fully saturated rings. The first kappa shape index (κ1) is 17.5. The van der Waals surface area contributed by atoms with Gasteiger partial charge in [-0.05, 0) is 32.4 Å². The summed E-state index contributed by atoms with van der Waals surface area (Å²) in [6.45, 7) is 9.15. The second-order valence-electron chi connectivity index (χ2n) is 4.72. The highest BCUT2D eigenvalue weighted by Gasteiger charge is 2.18. The summed E-state index contributed by atoms with van der Waals surface area (Å²) in [5, 5.41) is 0. The SMILES string of the molecule is CCOCCN(CCOCC)C(=O)c1cccc(C)c1N. The van der Waals surface area contributed by atoms with Crippen molar-refractivity contribution >= 4 is 11.6 Å². The Bertz CT molecular complexity index is 439. The summed E-state index contributed by atoms with van der Waals surface area (Å²) in [6.07, 6.45) is 0. The largest absolute Gasteiger partial charge is 0.398 e. The number of hydrogen-bond donors (Lipinski definition) is 1. The first-order valence-corrected chi connectivity index (χ1v) is 7.41. The summed E-state index contributed by atoms with van der Waals surface area (Å²) in [7, 11) is 0. The lowest BCUT2D eigenvalue weighted by Gasteiger charge is -2.23. The van der Waals surface area contributed by atoms with Gasteiger partial charge in [0.15, 0.2) is 0 Å². The van der Waals surface area contributed by atoms with Crippen LogP contribution >= 0.6 is 0 Å². The smallest absolute Gasteiger partial charge is 0.256 e. The molecule has 1 amide bonds. The van der Waals surface area contributed by atoms with Crippen molar-refractivity contribution < 1.29 is 14.3 Å². The predicted molar refractivity (Wildman–Crippen MR) is 84.5 cm³/mol. The van der Waals surface area contributed by atoms with E-state index < -0.39 is 0 Å². The molecule has 5 nitrogen and oxygen atoms in total. The molecule has 0 saturated heterocycles. The Morgan fingerprint density at radius 1 is 1.14 bits per heavy atom. The third kappa shape index (κ3) is 5.36. The maximum atomic E-state index is 12.6. The first-order chi connectivity index (χ1) is 10.1. The van der Waals surface area contributed by atoms with Crippen molar-refractivity contribution in [2.75, 3.05) is 45.3 Å². The molecule has 118 valence electrons. The Kier molecular flexibility index (Phi) is 7.79. The highest BCUT2D eigenvalue weighted by atomic mass is 16.5. The average molecular weight is 294 g/mol. The number of benzene rings is 1. The summed E-state index contributed by atoms with van der Waals surface area (Å²) in [5.74, 6) is -0.0735. The van der Waals surface area contributed by atoms with Crippen LogP contribution in [-0.4, -0.2) is 50.3 Å². The van der Waals surface area contributed by atoms with Crippen molar-refractivity contribution in [3.63, 3.8) is 0 Å². The van der Waals surface area contributed by atoms with E-state index in [1.54, 1.807) is 11.0 Å². The highest BCUT2D eigenvalue weighted by Crippen LogP contribution is 2.18. The number of carbonyl (C=O) groups excluding carboxylic acids is 1. The van der Waals surface area contributed by atoms with Crippen LogP contribution in [0.3, 0.4) is 0 Å². The zero-order chi connectivity index (χ0) is 15.7. The van der Waals surface area contributed by atoms with Crippen molar-refractivity contribution in [2.24, 2.45) is 0 Å². The second kappa shape index (κ2) is 9.37. The van der Waals surface area contributed by atoms with Crippen LogP contribution in [0.1, 0.15) is 29.8 Å². The molecule has 1 rings (SSSR count). The van der Waals surface area contributed by atoms with Gasteiger partial charge in [-0.1, -0.05) is 12.1 Å². The summed E-state index contributed by atoms with van der Waals surface area (Å²) in [5.41, 5.74) is 8.02. The summed E-state index contributed by atoms with van der Waals surface area (Å²) >= 11 is 0. The molecule has 0 unspecified atom stereocenters. The van der Waals surface area contributed by atoms with Crippen molar-refractivity contribution in [2.45, 2.75) is 20.8 Å². The Labute approximate surface area is 127 Å². The van der Waals surface area contributed by atoms with Crippen LogP contribution in [-0.2, 0) is 9.47 Å². The molecule has 1 aromatic rings. The number of para-hydroxylation sites is 1. The van der Waals surface area contributed by atoms with Gasteiger partial charge in [0.25, 0.3) is 5.91 Å². The number of nitrogen functional groups attached to an aromatic ring is 1. The zero-order valence-electron chi connectivity index (χ0n) is 13.2. The number of anilines is 1. The van der Waals surface area contributed by atoms with Crippen LogP contribution in [0.2, 0.25) is 0 Å². The Morgan fingerprint density at radius 3 is 2.24 bits per heavy atom. The van der Waals surface area contributed by atoms with Crippen LogP contribution in [0, 0.1) is 6.92 Å². The molecule has 0 aliphatic rings. The van der Waals surface area contributed by atoms with Gasteiger partial charge in [0, 0.05) is 32.0 Å². The van der Waals surface area contributed by atoms with Crippen LogP contribution in [0.5, 0.6) is 0 Å². The van der Waals surface area contributed by atoms with Gasteiger partial charge in [0.2, 0.25) is 0 Å². The number of hydrogen-bond acceptors (Lipinski definition) is 4. The van der Waals surface area contributed by atoms with Crippen molar-refractivity contribution in [3.8, 4) is 0 Å². The van der Waals surface area contributed by atoms with Gasteiger partial charge in [-0.15, -0.1) is 0 Å². The van der Waals surface area contributed by atoms with E-state index in [0.29, 0.717) is 50.8 Å². The molecule has 0 aliphatic carbocycles. The molecule has 2 N–H and O–H groups in total. The lowest BCUT2D eigenvalue weighted by Crippen LogP contribution is -2.37. The predicted octanol–water partition coefficient (Wildman–Crippen LogP) is 2.09. The minimum Gasteiger partial charge on any atom is -0.398 e. The fraction of sp³-hybridized carbons (Fsp3) is 0.562. The molecule has 0 aliphatic heterocycles. The molecule has 0 aromatic heterocycles. The molecule has 0 spiro atoms. The minimum atomic E-state index is -0.0735. The third-order valence-electron chi connectivity index (χ3n) is 3.26. The molecule has 0 saturated carbocycles. The van der Waals surface area contributed by atoms with E-state index in [1.807, 2.05) is 32.9 Å². The van der Waals surface area contributed by atoms with E-state index in [4.69, 9.17) is 15.2 Å². The topological polar surface area (TPSA) is 64.8 Å². The number of nitrogens with zero attached hydrogens (tertiary/aromatic N) is 1. The Morgan fingerprint density at radius 2 is 1.71 bits per heavy atom. The monoisotopic (exact) mass is 294 g/mol. The Balaban J connectivity index is 2.79. The fourth-order valence-corrected chi connectivity index (χ4v) is 1.99. The van der Waals surface area contributed by atoms with Gasteiger partial charge in [-0.2, -0.15) is 0 Å². The summed E-state index contributed by atoms with van der Waals surface area (Å²) in [4.78, 5) is 14.4. The normalized spacial score (nSPS) is 10.6. The van der Waals surface area contributed by atoms with Crippen molar-refractivity contribution in [3.05, 3.63) is 29.3 Å². The fourth-order valence-electron chi connectivity index (χ4n) is 1.99. The lowest BCUT2D eigenvalue weighted by molar-refractivity contribution is 0.0551. The first-order valence-electron chi connectivity index (χ1n) is 7.41. The van der Waals surface area contributed by atoms with Gasteiger partial charge in [0.05, 0.1) is 18.8 Å². The van der Waals surface area contributed by atoms with E-state index in [9.17, 15) is 4.79 Å². The molecule has 0 atom stereocenters.